The molecule has 0 aliphatic heterocycles. The van der Waals surface area contributed by atoms with Gasteiger partial charge in [0.1, 0.15) is 0 Å². The van der Waals surface area contributed by atoms with Crippen LogP contribution < -0.4 is 0 Å². The smallest absolute Gasteiger partial charge is 0.0827 e. The minimum absolute atomic E-state index is 0.263. The summed E-state index contributed by atoms with van der Waals surface area (Å²) < 4.78 is 5.33. The van der Waals surface area contributed by atoms with Crippen LogP contribution >= 0.6 is 11.6 Å². The molecule has 1 aliphatic rings. The Morgan fingerprint density at radius 2 is 2.33 bits per heavy atom. The summed E-state index contributed by atoms with van der Waals surface area (Å²) in [7, 11) is 1.75. The van der Waals surface area contributed by atoms with Gasteiger partial charge in [-0.3, -0.25) is 0 Å². The number of hydrogen-bond donors (Lipinski definition) is 0. The van der Waals surface area contributed by atoms with Gasteiger partial charge in [-0.25, -0.2) is 0 Å². The molecule has 0 saturated carbocycles. The first kappa shape index (κ1) is 8.09. The molecule has 1 unspecified atom stereocenters. The zero-order valence-electron chi connectivity index (χ0n) is 7.01. The lowest BCUT2D eigenvalue weighted by molar-refractivity contribution is 0.105. The fraction of sp³-hybridized carbons (Fsp3) is 0.400. The van der Waals surface area contributed by atoms with Crippen molar-refractivity contribution in [1.29, 1.82) is 0 Å². The van der Waals surface area contributed by atoms with Crippen LogP contribution in [0.15, 0.2) is 18.2 Å². The van der Waals surface area contributed by atoms with Crippen LogP contribution in [0.25, 0.3) is 0 Å². The maximum atomic E-state index is 5.89. The lowest BCUT2D eigenvalue weighted by atomic mass is 10.1. The number of aryl methyl sites for hydroxylation is 1. The molecular formula is C10H11ClO. The Bertz CT molecular complexity index is 296. The lowest BCUT2D eigenvalue weighted by Crippen LogP contribution is -1.94. The maximum Gasteiger partial charge on any atom is 0.0827 e. The number of halogens is 1. The van der Waals surface area contributed by atoms with E-state index in [-0.39, 0.29) is 6.10 Å². The topological polar surface area (TPSA) is 9.23 Å². The number of rotatable bonds is 1. The predicted molar refractivity (Wildman–Crippen MR) is 49.5 cm³/mol. The average molecular weight is 183 g/mol. The van der Waals surface area contributed by atoms with Crippen LogP contribution in [0, 0.1) is 0 Å². The quantitative estimate of drug-likeness (QED) is 0.649. The van der Waals surface area contributed by atoms with Gasteiger partial charge in [0.2, 0.25) is 0 Å². The van der Waals surface area contributed by atoms with Crippen molar-refractivity contribution in [2.45, 2.75) is 18.9 Å². The maximum absolute atomic E-state index is 5.89. The largest absolute Gasteiger partial charge is 0.377 e. The summed E-state index contributed by atoms with van der Waals surface area (Å²) in [5, 5.41) is 0.803. The Hall–Kier alpha value is -0.530. The summed E-state index contributed by atoms with van der Waals surface area (Å²) in [6.45, 7) is 0. The van der Waals surface area contributed by atoms with Crippen LogP contribution in [0.2, 0.25) is 5.02 Å². The molecule has 64 valence electrons. The number of methoxy groups -OCH3 is 1. The summed E-state index contributed by atoms with van der Waals surface area (Å²) >= 11 is 5.89. The molecule has 2 heteroatoms. The lowest BCUT2D eigenvalue weighted by Gasteiger charge is -2.08. The molecule has 0 aromatic heterocycles. The van der Waals surface area contributed by atoms with E-state index in [4.69, 9.17) is 16.3 Å². The van der Waals surface area contributed by atoms with Crippen LogP contribution in [0.5, 0.6) is 0 Å². The standard InChI is InChI=1S/C10H11ClO/c1-12-10-5-3-7-2-4-8(11)6-9(7)10/h2,4,6,10H,3,5H2,1H3. The minimum atomic E-state index is 0.263. The molecule has 1 aromatic rings. The predicted octanol–water partition coefficient (Wildman–Crippen LogP) is 2.97. The first-order valence-electron chi connectivity index (χ1n) is 4.12. The minimum Gasteiger partial charge on any atom is -0.377 e. The van der Waals surface area contributed by atoms with Crippen LogP contribution in [0.4, 0.5) is 0 Å². The fourth-order valence-corrected chi connectivity index (χ4v) is 1.96. The number of benzene rings is 1. The molecule has 0 spiro atoms. The summed E-state index contributed by atoms with van der Waals surface area (Å²) in [6.07, 6.45) is 2.47. The van der Waals surface area contributed by atoms with E-state index in [2.05, 4.69) is 6.07 Å². The third kappa shape index (κ3) is 1.23. The van der Waals surface area contributed by atoms with Crippen molar-refractivity contribution in [1.82, 2.24) is 0 Å². The Balaban J connectivity index is 2.42. The second-order valence-electron chi connectivity index (χ2n) is 3.11. The monoisotopic (exact) mass is 182 g/mol. The highest BCUT2D eigenvalue weighted by molar-refractivity contribution is 6.30. The van der Waals surface area contributed by atoms with Crippen molar-refractivity contribution in [3.05, 3.63) is 34.3 Å². The van der Waals surface area contributed by atoms with Gasteiger partial charge < -0.3 is 4.74 Å². The molecule has 0 N–H and O–H groups in total. The van der Waals surface area contributed by atoms with E-state index < -0.39 is 0 Å². The van der Waals surface area contributed by atoms with E-state index >= 15 is 0 Å². The first-order chi connectivity index (χ1) is 5.81. The van der Waals surface area contributed by atoms with Crippen molar-refractivity contribution < 1.29 is 4.74 Å². The first-order valence-corrected chi connectivity index (χ1v) is 4.50. The summed E-state index contributed by atoms with van der Waals surface area (Å²) in [5.74, 6) is 0. The molecule has 12 heavy (non-hydrogen) atoms. The SMILES string of the molecule is COC1CCc2ccc(Cl)cc21. The van der Waals surface area contributed by atoms with E-state index in [1.807, 2.05) is 12.1 Å². The van der Waals surface area contributed by atoms with Gasteiger partial charge in [-0.05, 0) is 36.1 Å². The molecule has 1 nitrogen and oxygen atoms in total. The molecule has 0 bridgehead atoms. The third-order valence-corrected chi connectivity index (χ3v) is 2.65. The molecule has 1 aliphatic carbocycles. The number of fused-ring (bicyclic) bond motifs is 1. The van der Waals surface area contributed by atoms with Gasteiger partial charge in [0.05, 0.1) is 6.10 Å². The summed E-state index contributed by atoms with van der Waals surface area (Å²) in [6, 6.07) is 6.05. The Morgan fingerprint density at radius 1 is 1.50 bits per heavy atom. The van der Waals surface area contributed by atoms with Crippen LogP contribution in [-0.2, 0) is 11.2 Å². The van der Waals surface area contributed by atoms with Crippen LogP contribution in [0.3, 0.4) is 0 Å². The highest BCUT2D eigenvalue weighted by Crippen LogP contribution is 2.34. The Morgan fingerprint density at radius 3 is 3.08 bits per heavy atom. The normalized spacial score (nSPS) is 21.0. The van der Waals surface area contributed by atoms with Gasteiger partial charge >= 0.3 is 0 Å². The van der Waals surface area contributed by atoms with E-state index in [9.17, 15) is 0 Å². The molecule has 0 saturated heterocycles. The van der Waals surface area contributed by atoms with Gasteiger partial charge in [-0.15, -0.1) is 0 Å². The number of ether oxygens (including phenoxy) is 1. The van der Waals surface area contributed by atoms with Gasteiger partial charge in [0.25, 0.3) is 0 Å². The van der Waals surface area contributed by atoms with Gasteiger partial charge in [0.15, 0.2) is 0 Å². The zero-order chi connectivity index (χ0) is 8.55. The molecule has 0 radical (unpaired) electrons. The summed E-state index contributed by atoms with van der Waals surface area (Å²) in [4.78, 5) is 0. The fourth-order valence-electron chi connectivity index (χ4n) is 1.78. The van der Waals surface area contributed by atoms with Crippen LogP contribution in [-0.4, -0.2) is 7.11 Å². The second kappa shape index (κ2) is 3.08. The highest BCUT2D eigenvalue weighted by Gasteiger charge is 2.21. The Labute approximate surface area is 77.3 Å². The molecule has 0 heterocycles. The average Bonchev–Trinajstić information content (AvgIpc) is 2.46. The van der Waals surface area contributed by atoms with E-state index in [0.717, 1.165) is 17.9 Å². The molecule has 0 amide bonds. The van der Waals surface area contributed by atoms with Crippen molar-refractivity contribution >= 4 is 11.6 Å². The molecule has 1 atom stereocenters. The van der Waals surface area contributed by atoms with Crippen molar-refractivity contribution in [2.75, 3.05) is 7.11 Å². The van der Waals surface area contributed by atoms with Gasteiger partial charge in [-0.2, -0.15) is 0 Å². The van der Waals surface area contributed by atoms with Gasteiger partial charge in [-0.1, -0.05) is 17.7 Å². The van der Waals surface area contributed by atoms with E-state index in [1.165, 1.54) is 11.1 Å². The second-order valence-corrected chi connectivity index (χ2v) is 3.54. The number of hydrogen-bond acceptors (Lipinski definition) is 1. The van der Waals surface area contributed by atoms with Crippen molar-refractivity contribution in [3.8, 4) is 0 Å². The Kier molecular flexibility index (Phi) is 2.07. The zero-order valence-corrected chi connectivity index (χ0v) is 7.77. The van der Waals surface area contributed by atoms with E-state index in [0.29, 0.717) is 0 Å². The van der Waals surface area contributed by atoms with E-state index in [1.54, 1.807) is 7.11 Å². The van der Waals surface area contributed by atoms with Crippen molar-refractivity contribution in [3.63, 3.8) is 0 Å². The molecular weight excluding hydrogens is 172 g/mol. The summed E-state index contributed by atoms with van der Waals surface area (Å²) in [5.41, 5.74) is 2.65. The third-order valence-electron chi connectivity index (χ3n) is 2.42. The molecule has 1 aromatic carbocycles. The van der Waals surface area contributed by atoms with Crippen LogP contribution in [0.1, 0.15) is 23.7 Å². The highest BCUT2D eigenvalue weighted by atomic mass is 35.5. The molecule has 0 fully saturated rings. The molecule has 2 rings (SSSR count). The van der Waals surface area contributed by atoms with Gasteiger partial charge in [0, 0.05) is 12.1 Å². The van der Waals surface area contributed by atoms with Crippen molar-refractivity contribution in [2.24, 2.45) is 0 Å².